The first-order valence-corrected chi connectivity index (χ1v) is 9.02. The third kappa shape index (κ3) is 4.47. The summed E-state index contributed by atoms with van der Waals surface area (Å²) < 4.78 is 17.6. The maximum atomic E-state index is 14.3. The van der Waals surface area contributed by atoms with E-state index in [1.54, 1.807) is 46.0 Å². The fourth-order valence-electron chi connectivity index (χ4n) is 2.84. The maximum Gasteiger partial charge on any atom is 0.244 e. The Bertz CT molecular complexity index is 1130. The van der Waals surface area contributed by atoms with Gasteiger partial charge in [0.05, 0.1) is 23.9 Å². The third-order valence-corrected chi connectivity index (χ3v) is 4.31. The summed E-state index contributed by atoms with van der Waals surface area (Å²) in [5.74, 6) is -0.643. The number of para-hydroxylation sites is 1. The van der Waals surface area contributed by atoms with Crippen molar-refractivity contribution in [1.29, 1.82) is 0 Å². The van der Waals surface area contributed by atoms with Crippen molar-refractivity contribution in [3.8, 4) is 11.4 Å². The smallest absolute Gasteiger partial charge is 0.244 e. The highest BCUT2D eigenvalue weighted by Crippen LogP contribution is 2.15. The first-order chi connectivity index (χ1) is 14.2. The van der Waals surface area contributed by atoms with Gasteiger partial charge in [-0.3, -0.25) is 4.79 Å². The molecular formula is C22H18FN5O. The van der Waals surface area contributed by atoms with E-state index in [1.807, 2.05) is 36.5 Å². The van der Waals surface area contributed by atoms with Crippen LogP contribution in [0.5, 0.6) is 0 Å². The second kappa shape index (κ2) is 8.35. The number of hydrogen-bond acceptors (Lipinski definition) is 3. The van der Waals surface area contributed by atoms with Crippen LogP contribution in [0.1, 0.15) is 11.1 Å². The second-order valence-corrected chi connectivity index (χ2v) is 6.36. The number of rotatable bonds is 6. The Morgan fingerprint density at radius 1 is 1.17 bits per heavy atom. The molecule has 0 radical (unpaired) electrons. The topological polar surface area (TPSA) is 64.7 Å². The first kappa shape index (κ1) is 18.4. The van der Waals surface area contributed by atoms with Crippen LogP contribution in [0.25, 0.3) is 17.5 Å². The monoisotopic (exact) mass is 387 g/mol. The number of imidazole rings is 1. The Morgan fingerprint density at radius 3 is 2.79 bits per heavy atom. The summed E-state index contributed by atoms with van der Waals surface area (Å²) in [6.07, 6.45) is 11.4. The van der Waals surface area contributed by atoms with Crippen LogP contribution in [-0.2, 0) is 11.3 Å². The molecule has 0 aliphatic rings. The molecule has 29 heavy (non-hydrogen) atoms. The number of hydrogen-bond donors (Lipinski definition) is 1. The normalized spacial score (nSPS) is 11.1. The van der Waals surface area contributed by atoms with Gasteiger partial charge in [0.1, 0.15) is 5.82 Å². The van der Waals surface area contributed by atoms with Gasteiger partial charge in [0.25, 0.3) is 0 Å². The molecule has 6 nitrogen and oxygen atoms in total. The molecule has 0 aliphatic carbocycles. The van der Waals surface area contributed by atoms with E-state index in [-0.39, 0.29) is 18.3 Å². The van der Waals surface area contributed by atoms with E-state index in [0.29, 0.717) is 11.3 Å². The Kier molecular flexibility index (Phi) is 5.29. The molecule has 0 spiro atoms. The molecule has 7 heteroatoms. The number of carbonyl (C=O) groups excluding carboxylic acids is 1. The molecule has 4 rings (SSSR count). The van der Waals surface area contributed by atoms with E-state index in [1.165, 1.54) is 18.5 Å². The predicted molar refractivity (Wildman–Crippen MR) is 108 cm³/mol. The minimum atomic E-state index is -0.376. The lowest BCUT2D eigenvalue weighted by atomic mass is 10.2. The quantitative estimate of drug-likeness (QED) is 0.515. The number of aromatic nitrogens is 4. The van der Waals surface area contributed by atoms with Crippen molar-refractivity contribution in [2.24, 2.45) is 0 Å². The van der Waals surface area contributed by atoms with Crippen LogP contribution < -0.4 is 5.32 Å². The molecule has 144 valence electrons. The minimum Gasteiger partial charge on any atom is -0.348 e. The number of benzene rings is 2. The predicted octanol–water partition coefficient (Wildman–Crippen LogP) is 3.53. The highest BCUT2D eigenvalue weighted by atomic mass is 19.1. The van der Waals surface area contributed by atoms with Crippen LogP contribution in [-0.4, -0.2) is 25.2 Å². The van der Waals surface area contributed by atoms with Crippen molar-refractivity contribution in [1.82, 2.24) is 24.6 Å². The molecule has 2 heterocycles. The Morgan fingerprint density at radius 2 is 2.03 bits per heavy atom. The number of nitrogens with one attached hydrogen (secondary N) is 1. The molecule has 2 aromatic heterocycles. The Balaban J connectivity index is 1.34. The van der Waals surface area contributed by atoms with Gasteiger partial charge in [-0.2, -0.15) is 5.10 Å². The number of amides is 1. The number of carbonyl (C=O) groups is 1. The summed E-state index contributed by atoms with van der Waals surface area (Å²) in [6.45, 7) is 0.230. The molecule has 1 amide bonds. The van der Waals surface area contributed by atoms with Crippen LogP contribution in [0.2, 0.25) is 0 Å². The van der Waals surface area contributed by atoms with E-state index < -0.39 is 0 Å². The molecule has 0 bridgehead atoms. The van der Waals surface area contributed by atoms with Crippen molar-refractivity contribution >= 4 is 12.0 Å². The molecule has 0 aliphatic heterocycles. The molecule has 1 N–H and O–H groups in total. The van der Waals surface area contributed by atoms with Crippen LogP contribution in [0.15, 0.2) is 85.7 Å². The average molecular weight is 387 g/mol. The minimum absolute atomic E-state index is 0.230. The van der Waals surface area contributed by atoms with Crippen molar-refractivity contribution < 1.29 is 9.18 Å². The Hall–Kier alpha value is -4.00. The van der Waals surface area contributed by atoms with Crippen LogP contribution >= 0.6 is 0 Å². The fourth-order valence-corrected chi connectivity index (χ4v) is 2.84. The lowest BCUT2D eigenvalue weighted by Crippen LogP contribution is -2.20. The zero-order chi connectivity index (χ0) is 20.1. The fraction of sp³-hybridized carbons (Fsp3) is 0.0455. The van der Waals surface area contributed by atoms with Gasteiger partial charge in [0, 0.05) is 36.8 Å². The molecule has 0 saturated carbocycles. The molecule has 0 atom stereocenters. The van der Waals surface area contributed by atoms with E-state index in [4.69, 9.17) is 0 Å². The summed E-state index contributed by atoms with van der Waals surface area (Å²) in [4.78, 5) is 16.0. The van der Waals surface area contributed by atoms with Gasteiger partial charge in [-0.1, -0.05) is 24.3 Å². The lowest BCUT2D eigenvalue weighted by Gasteiger charge is -2.07. The van der Waals surface area contributed by atoms with Gasteiger partial charge in [-0.25, -0.2) is 14.1 Å². The SMILES string of the molecule is O=C(/C=C/c1cnn(-c2ccccc2)c1)NCc1ccc(-n2ccnc2)c(F)c1. The van der Waals surface area contributed by atoms with E-state index in [9.17, 15) is 9.18 Å². The first-order valence-electron chi connectivity index (χ1n) is 9.02. The van der Waals surface area contributed by atoms with Crippen molar-refractivity contribution in [2.75, 3.05) is 0 Å². The molecular weight excluding hydrogens is 369 g/mol. The number of nitrogens with zero attached hydrogens (tertiary/aromatic N) is 4. The zero-order valence-electron chi connectivity index (χ0n) is 15.4. The highest BCUT2D eigenvalue weighted by molar-refractivity contribution is 5.91. The van der Waals surface area contributed by atoms with Crippen molar-refractivity contribution in [3.05, 3.63) is 103 Å². The molecule has 0 unspecified atom stereocenters. The molecule has 2 aromatic carbocycles. The maximum absolute atomic E-state index is 14.3. The lowest BCUT2D eigenvalue weighted by molar-refractivity contribution is -0.116. The van der Waals surface area contributed by atoms with Gasteiger partial charge < -0.3 is 9.88 Å². The third-order valence-electron chi connectivity index (χ3n) is 4.31. The van der Waals surface area contributed by atoms with Crippen molar-refractivity contribution in [2.45, 2.75) is 6.54 Å². The van der Waals surface area contributed by atoms with Crippen LogP contribution in [0.3, 0.4) is 0 Å². The summed E-state index contributed by atoms with van der Waals surface area (Å²) in [5, 5.41) is 7.03. The van der Waals surface area contributed by atoms with Crippen molar-refractivity contribution in [3.63, 3.8) is 0 Å². The molecule has 0 fully saturated rings. The molecule has 0 saturated heterocycles. The van der Waals surface area contributed by atoms with Gasteiger partial charge in [-0.05, 0) is 35.9 Å². The molecule has 4 aromatic rings. The summed E-state index contributed by atoms with van der Waals surface area (Å²) in [5.41, 5.74) is 2.83. The largest absolute Gasteiger partial charge is 0.348 e. The van der Waals surface area contributed by atoms with Crippen LogP contribution in [0.4, 0.5) is 4.39 Å². The standard InChI is InChI=1S/C22H18FN5O/c23-20-12-17(6-8-21(20)27-11-10-24-16-27)13-25-22(29)9-7-18-14-26-28(15-18)19-4-2-1-3-5-19/h1-12,14-16H,13H2,(H,25,29)/b9-7+. The van der Waals surface area contributed by atoms with E-state index in [2.05, 4.69) is 15.4 Å². The summed E-state index contributed by atoms with van der Waals surface area (Å²) in [7, 11) is 0. The van der Waals surface area contributed by atoms with Gasteiger partial charge in [-0.15, -0.1) is 0 Å². The van der Waals surface area contributed by atoms with E-state index in [0.717, 1.165) is 11.3 Å². The highest BCUT2D eigenvalue weighted by Gasteiger charge is 2.06. The average Bonchev–Trinajstić information content (AvgIpc) is 3.44. The van der Waals surface area contributed by atoms with Gasteiger partial charge >= 0.3 is 0 Å². The van der Waals surface area contributed by atoms with Gasteiger partial charge in [0.15, 0.2) is 0 Å². The number of halogens is 1. The van der Waals surface area contributed by atoms with Crippen LogP contribution in [0, 0.1) is 5.82 Å². The van der Waals surface area contributed by atoms with Gasteiger partial charge in [0.2, 0.25) is 5.91 Å². The van der Waals surface area contributed by atoms with E-state index >= 15 is 0 Å². The Labute approximate surface area is 166 Å². The summed E-state index contributed by atoms with van der Waals surface area (Å²) >= 11 is 0. The second-order valence-electron chi connectivity index (χ2n) is 6.36. The zero-order valence-corrected chi connectivity index (χ0v) is 15.4. The summed E-state index contributed by atoms with van der Waals surface area (Å²) in [6, 6.07) is 14.5.